The topological polar surface area (TPSA) is 46.5 Å². The van der Waals surface area contributed by atoms with Gasteiger partial charge >= 0.3 is 6.18 Å². The fraction of sp³-hybridized carbons (Fsp3) is 0.957. The van der Waals surface area contributed by atoms with Crippen LogP contribution in [-0.2, 0) is 9.53 Å². The van der Waals surface area contributed by atoms with E-state index in [1.807, 2.05) is 6.92 Å². The Morgan fingerprint density at radius 2 is 1.66 bits per heavy atom. The number of rotatable bonds is 3. The summed E-state index contributed by atoms with van der Waals surface area (Å²) in [6.07, 6.45) is 3.82. The van der Waals surface area contributed by atoms with Crippen molar-refractivity contribution in [3.05, 3.63) is 0 Å². The minimum atomic E-state index is -4.81. The summed E-state index contributed by atoms with van der Waals surface area (Å²) in [5, 5.41) is 10.6. The van der Waals surface area contributed by atoms with Gasteiger partial charge in [-0.3, -0.25) is 4.79 Å². The second-order valence-electron chi connectivity index (χ2n) is 11.2. The molecular weight excluding hydrogens is 381 g/mol. The highest BCUT2D eigenvalue weighted by molar-refractivity contribution is 5.85. The van der Waals surface area contributed by atoms with Gasteiger partial charge in [0.15, 0.2) is 0 Å². The first kappa shape index (κ1) is 21.6. The highest BCUT2D eigenvalue weighted by Crippen LogP contribution is 2.67. The van der Waals surface area contributed by atoms with Gasteiger partial charge in [0, 0.05) is 0 Å². The van der Waals surface area contributed by atoms with E-state index in [1.54, 1.807) is 0 Å². The summed E-state index contributed by atoms with van der Waals surface area (Å²) in [6.45, 7) is 5.73. The minimum Gasteiger partial charge on any atom is -0.390 e. The molecule has 0 aliphatic heterocycles. The zero-order chi connectivity index (χ0) is 21.2. The van der Waals surface area contributed by atoms with Crippen LogP contribution in [0, 0.1) is 34.5 Å². The van der Waals surface area contributed by atoms with Gasteiger partial charge in [-0.1, -0.05) is 13.8 Å². The van der Waals surface area contributed by atoms with E-state index >= 15 is 0 Å². The summed E-state index contributed by atoms with van der Waals surface area (Å²) < 4.78 is 43.3. The van der Waals surface area contributed by atoms with Gasteiger partial charge < -0.3 is 9.84 Å². The third-order valence-corrected chi connectivity index (χ3v) is 9.60. The average Bonchev–Trinajstić information content (AvgIpc) is 2.95. The molecule has 4 aliphatic rings. The number of halogens is 3. The molecule has 0 aromatic heterocycles. The molecule has 4 fully saturated rings. The molecule has 0 spiro atoms. The number of hydrogen-bond acceptors (Lipinski definition) is 3. The van der Waals surface area contributed by atoms with E-state index in [1.165, 1.54) is 0 Å². The van der Waals surface area contributed by atoms with E-state index < -0.39 is 24.2 Å². The van der Waals surface area contributed by atoms with Crippen LogP contribution < -0.4 is 0 Å². The first-order valence-corrected chi connectivity index (χ1v) is 11.3. The average molecular weight is 417 g/mol. The number of aliphatic hydroxyl groups is 1. The van der Waals surface area contributed by atoms with Crippen molar-refractivity contribution in [3.8, 4) is 0 Å². The number of carbonyl (C=O) groups is 1. The van der Waals surface area contributed by atoms with E-state index in [-0.39, 0.29) is 16.9 Å². The van der Waals surface area contributed by atoms with Gasteiger partial charge in [0.25, 0.3) is 5.78 Å². The van der Waals surface area contributed by atoms with Crippen LogP contribution in [0.2, 0.25) is 0 Å². The lowest BCUT2D eigenvalue weighted by Crippen LogP contribution is -2.56. The smallest absolute Gasteiger partial charge is 0.390 e. The zero-order valence-electron chi connectivity index (χ0n) is 17.9. The van der Waals surface area contributed by atoms with Crippen LogP contribution in [0.25, 0.3) is 0 Å². The Kier molecular flexibility index (Phi) is 5.17. The maximum Gasteiger partial charge on any atom is 0.452 e. The summed E-state index contributed by atoms with van der Waals surface area (Å²) in [4.78, 5) is 11.3. The van der Waals surface area contributed by atoms with Gasteiger partial charge in [0.2, 0.25) is 0 Å². The summed E-state index contributed by atoms with van der Waals surface area (Å²) in [6, 6.07) is 0. The Labute approximate surface area is 171 Å². The van der Waals surface area contributed by atoms with Gasteiger partial charge in [-0.2, -0.15) is 13.2 Å². The third-order valence-electron chi connectivity index (χ3n) is 9.60. The number of alkyl halides is 3. The van der Waals surface area contributed by atoms with Crippen molar-refractivity contribution in [1.29, 1.82) is 0 Å². The van der Waals surface area contributed by atoms with Crippen LogP contribution in [0.4, 0.5) is 13.2 Å². The highest BCUT2D eigenvalue weighted by atomic mass is 19.4. The molecule has 0 amide bonds. The molecule has 1 N–H and O–H groups in total. The lowest BCUT2D eigenvalue weighted by molar-refractivity contribution is -0.182. The molecule has 4 rings (SSSR count). The Bertz CT molecular complexity index is 660. The molecule has 0 aromatic carbocycles. The molecule has 4 aliphatic carbocycles. The first-order valence-electron chi connectivity index (χ1n) is 11.3. The number of hydrogen-bond donors (Lipinski definition) is 1. The van der Waals surface area contributed by atoms with Gasteiger partial charge in [-0.15, -0.1) is 0 Å². The van der Waals surface area contributed by atoms with Crippen LogP contribution in [-0.4, -0.2) is 35.4 Å². The summed E-state index contributed by atoms with van der Waals surface area (Å²) in [5.41, 5.74) is -0.411. The quantitative estimate of drug-likeness (QED) is 0.679. The maximum absolute atomic E-state index is 12.6. The molecule has 0 aromatic rings. The largest absolute Gasteiger partial charge is 0.452 e. The van der Waals surface area contributed by atoms with E-state index in [9.17, 15) is 23.1 Å². The molecule has 0 bridgehead atoms. The van der Waals surface area contributed by atoms with Gasteiger partial charge in [-0.25, -0.2) is 0 Å². The highest BCUT2D eigenvalue weighted by Gasteiger charge is 2.61. The predicted molar refractivity (Wildman–Crippen MR) is 103 cm³/mol. The van der Waals surface area contributed by atoms with Crippen molar-refractivity contribution in [1.82, 2.24) is 0 Å². The number of carbonyl (C=O) groups excluding carboxylic acids is 1. The Morgan fingerprint density at radius 3 is 2.34 bits per heavy atom. The van der Waals surface area contributed by atoms with Crippen molar-refractivity contribution in [3.63, 3.8) is 0 Å². The second-order valence-corrected chi connectivity index (χ2v) is 11.2. The van der Waals surface area contributed by atoms with Gasteiger partial charge in [0.05, 0.1) is 11.7 Å². The van der Waals surface area contributed by atoms with Crippen LogP contribution in [0.1, 0.15) is 78.6 Å². The molecule has 8 atom stereocenters. The third kappa shape index (κ3) is 3.56. The fourth-order valence-corrected chi connectivity index (χ4v) is 7.92. The minimum absolute atomic E-state index is 0.129. The van der Waals surface area contributed by atoms with Crippen molar-refractivity contribution in [2.45, 2.75) is 96.4 Å². The number of fused-ring (bicyclic) bond motifs is 5. The summed E-state index contributed by atoms with van der Waals surface area (Å²) in [7, 11) is 0. The van der Waals surface area contributed by atoms with Gasteiger partial charge in [-0.05, 0) is 99.2 Å². The number of ketones is 1. The van der Waals surface area contributed by atoms with Crippen molar-refractivity contribution in [2.24, 2.45) is 34.5 Å². The Morgan fingerprint density at radius 1 is 0.966 bits per heavy atom. The number of ether oxygens (including phenoxy) is 1. The molecule has 6 heteroatoms. The van der Waals surface area contributed by atoms with Crippen molar-refractivity contribution < 1.29 is 27.8 Å². The Balaban J connectivity index is 1.47. The fourth-order valence-electron chi connectivity index (χ4n) is 7.92. The zero-order valence-corrected chi connectivity index (χ0v) is 17.9. The molecule has 29 heavy (non-hydrogen) atoms. The summed E-state index contributed by atoms with van der Waals surface area (Å²) in [5.74, 6) is 0.471. The van der Waals surface area contributed by atoms with Crippen LogP contribution in [0.3, 0.4) is 0 Å². The van der Waals surface area contributed by atoms with E-state index in [0.29, 0.717) is 23.7 Å². The lowest BCUT2D eigenvalue weighted by Gasteiger charge is -2.61. The maximum atomic E-state index is 12.6. The summed E-state index contributed by atoms with van der Waals surface area (Å²) >= 11 is 0. The molecule has 166 valence electrons. The molecule has 3 nitrogen and oxygen atoms in total. The predicted octanol–water partition coefficient (Wildman–Crippen LogP) is 5.30. The lowest BCUT2D eigenvalue weighted by atomic mass is 9.44. The molecule has 0 radical (unpaired) electrons. The van der Waals surface area contributed by atoms with E-state index in [4.69, 9.17) is 4.74 Å². The Hall–Kier alpha value is -0.620. The van der Waals surface area contributed by atoms with Crippen LogP contribution >= 0.6 is 0 Å². The normalized spacial score (nSPS) is 49.8. The van der Waals surface area contributed by atoms with Crippen LogP contribution in [0.5, 0.6) is 0 Å². The second kappa shape index (κ2) is 6.94. The SMILES string of the molecule is C[C@]1(O)CC[C@]2(C)C3CC[C@@]4(C)C(CC[C@@H]4OCC(=O)C(F)(F)F)C3CC[C@H]2C1. The molecule has 3 unspecified atom stereocenters. The monoisotopic (exact) mass is 416 g/mol. The molecule has 0 saturated heterocycles. The first-order chi connectivity index (χ1) is 13.4. The number of Topliss-reactive ketones (excluding diaryl/α,β-unsaturated/α-hetero) is 1. The standard InChI is InChI=1S/C23H35F3O3/c1-20(28)10-11-21(2)14(12-20)4-5-15-16-6-7-19(22(16,3)9-8-17(15)21)29-13-18(27)23(24,25)26/h14-17,19,28H,4-13H2,1-3H3/t14-,15?,16?,17?,19-,20-,21-,22-/m0/s1. The molecule has 4 saturated carbocycles. The van der Waals surface area contributed by atoms with E-state index in [2.05, 4.69) is 13.8 Å². The van der Waals surface area contributed by atoms with Gasteiger partial charge in [0.1, 0.15) is 6.61 Å². The molecule has 0 heterocycles. The van der Waals surface area contributed by atoms with E-state index in [0.717, 1.165) is 57.8 Å². The molecular formula is C23H35F3O3. The van der Waals surface area contributed by atoms with Crippen LogP contribution in [0.15, 0.2) is 0 Å². The van der Waals surface area contributed by atoms with Crippen molar-refractivity contribution >= 4 is 5.78 Å². The van der Waals surface area contributed by atoms with Crippen molar-refractivity contribution in [2.75, 3.05) is 6.61 Å².